The summed E-state index contributed by atoms with van der Waals surface area (Å²) in [5.41, 5.74) is 0.638. The van der Waals surface area contributed by atoms with Gasteiger partial charge in [-0.25, -0.2) is 9.78 Å². The number of anilines is 1. The van der Waals surface area contributed by atoms with Gasteiger partial charge in [0, 0.05) is 43.3 Å². The first-order chi connectivity index (χ1) is 13.7. The molecule has 2 aromatic rings. The van der Waals surface area contributed by atoms with E-state index in [1.54, 1.807) is 38.6 Å². The number of pyridine rings is 1. The van der Waals surface area contributed by atoms with Gasteiger partial charge in [-0.3, -0.25) is 0 Å². The molecule has 0 spiro atoms. The Labute approximate surface area is 164 Å². The fourth-order valence-electron chi connectivity index (χ4n) is 4.22. The van der Waals surface area contributed by atoms with Crippen LogP contribution in [0.25, 0.3) is 0 Å². The van der Waals surface area contributed by atoms with Gasteiger partial charge in [0.25, 0.3) is 0 Å². The molecule has 2 saturated heterocycles. The summed E-state index contributed by atoms with van der Waals surface area (Å²) in [5, 5.41) is 3.00. The van der Waals surface area contributed by atoms with Gasteiger partial charge < -0.3 is 24.4 Å². The minimum absolute atomic E-state index is 0.0898. The van der Waals surface area contributed by atoms with Gasteiger partial charge in [-0.2, -0.15) is 0 Å². The molecule has 0 aliphatic carbocycles. The number of methoxy groups -OCH3 is 2. The van der Waals surface area contributed by atoms with Crippen molar-refractivity contribution in [3.05, 3.63) is 42.6 Å². The molecule has 2 aliphatic heterocycles. The fraction of sp³-hybridized carbons (Fsp3) is 0.429. The molecule has 1 N–H and O–H groups in total. The van der Waals surface area contributed by atoms with Gasteiger partial charge >= 0.3 is 6.03 Å². The standard InChI is InChI=1S/C21H25N3O4/c1-26-16-8-9-18(19(13-16)27-2)23-21(25)24-14-6-7-15(24)12-17(11-14)28-20-5-3-4-10-22-20/h3-5,8-10,13-15,17H,6-7,11-12H2,1-2H3,(H,23,25). The second-order valence-corrected chi connectivity index (χ2v) is 7.17. The predicted molar refractivity (Wildman–Crippen MR) is 105 cm³/mol. The van der Waals surface area contributed by atoms with Crippen LogP contribution >= 0.6 is 0 Å². The molecule has 2 fully saturated rings. The number of urea groups is 1. The highest BCUT2D eigenvalue weighted by Crippen LogP contribution is 2.38. The summed E-state index contributed by atoms with van der Waals surface area (Å²) in [6.45, 7) is 0. The summed E-state index contributed by atoms with van der Waals surface area (Å²) < 4.78 is 16.6. The number of carbonyl (C=O) groups excluding carboxylic acids is 1. The number of benzene rings is 1. The number of hydrogen-bond acceptors (Lipinski definition) is 5. The molecule has 2 atom stereocenters. The third kappa shape index (κ3) is 3.69. The molecule has 28 heavy (non-hydrogen) atoms. The average Bonchev–Trinajstić information content (AvgIpc) is 3.00. The van der Waals surface area contributed by atoms with E-state index < -0.39 is 0 Å². The van der Waals surface area contributed by atoms with Gasteiger partial charge in [-0.05, 0) is 31.0 Å². The van der Waals surface area contributed by atoms with Crippen LogP contribution in [0, 0.1) is 0 Å². The average molecular weight is 383 g/mol. The topological polar surface area (TPSA) is 72.9 Å². The van der Waals surface area contributed by atoms with Crippen LogP contribution in [0.2, 0.25) is 0 Å². The monoisotopic (exact) mass is 383 g/mol. The molecule has 0 saturated carbocycles. The second kappa shape index (κ2) is 7.96. The molecule has 2 bridgehead atoms. The van der Waals surface area contributed by atoms with Crippen LogP contribution in [0.15, 0.2) is 42.6 Å². The lowest BCUT2D eigenvalue weighted by Crippen LogP contribution is -2.50. The van der Waals surface area contributed by atoms with Crippen molar-refractivity contribution < 1.29 is 19.0 Å². The maximum absolute atomic E-state index is 13.0. The molecule has 1 aromatic heterocycles. The van der Waals surface area contributed by atoms with Gasteiger partial charge in [0.15, 0.2) is 0 Å². The SMILES string of the molecule is COc1ccc(NC(=O)N2C3CCC2CC(Oc2ccccn2)C3)c(OC)c1. The summed E-state index contributed by atoms with van der Waals surface area (Å²) in [4.78, 5) is 19.2. The van der Waals surface area contributed by atoms with E-state index in [2.05, 4.69) is 10.3 Å². The minimum atomic E-state index is -0.0905. The van der Waals surface area contributed by atoms with E-state index >= 15 is 0 Å². The number of amides is 2. The van der Waals surface area contributed by atoms with Crippen LogP contribution in [0.5, 0.6) is 17.4 Å². The molecule has 7 nitrogen and oxygen atoms in total. The van der Waals surface area contributed by atoms with Crippen molar-refractivity contribution in [1.29, 1.82) is 0 Å². The number of fused-ring (bicyclic) bond motifs is 2. The largest absolute Gasteiger partial charge is 0.497 e. The van der Waals surface area contributed by atoms with Crippen molar-refractivity contribution in [3.63, 3.8) is 0 Å². The molecule has 2 aliphatic rings. The fourth-order valence-corrected chi connectivity index (χ4v) is 4.22. The van der Waals surface area contributed by atoms with Crippen LogP contribution in [0.3, 0.4) is 0 Å². The van der Waals surface area contributed by atoms with Crippen LogP contribution in [0.4, 0.5) is 10.5 Å². The van der Waals surface area contributed by atoms with Gasteiger partial charge in [0.2, 0.25) is 5.88 Å². The van der Waals surface area contributed by atoms with Crippen LogP contribution in [-0.4, -0.2) is 48.3 Å². The number of nitrogens with one attached hydrogen (secondary N) is 1. The summed E-state index contributed by atoms with van der Waals surface area (Å²) in [7, 11) is 3.18. The molecule has 2 amide bonds. The van der Waals surface area contributed by atoms with Gasteiger partial charge in [-0.15, -0.1) is 0 Å². The number of hydrogen-bond donors (Lipinski definition) is 1. The first kappa shape index (κ1) is 18.4. The molecule has 2 unspecified atom stereocenters. The molecule has 4 rings (SSSR count). The van der Waals surface area contributed by atoms with E-state index in [4.69, 9.17) is 14.2 Å². The number of aromatic nitrogens is 1. The van der Waals surface area contributed by atoms with E-state index in [9.17, 15) is 4.79 Å². The first-order valence-corrected chi connectivity index (χ1v) is 9.57. The third-order valence-electron chi connectivity index (χ3n) is 5.50. The molecule has 3 heterocycles. The zero-order chi connectivity index (χ0) is 19.5. The number of rotatable bonds is 5. The lowest BCUT2D eigenvalue weighted by Gasteiger charge is -2.38. The first-order valence-electron chi connectivity index (χ1n) is 9.57. The number of nitrogens with zero attached hydrogens (tertiary/aromatic N) is 2. The van der Waals surface area contributed by atoms with Gasteiger partial charge in [-0.1, -0.05) is 6.07 Å². The van der Waals surface area contributed by atoms with Crippen LogP contribution in [0.1, 0.15) is 25.7 Å². The highest BCUT2D eigenvalue weighted by atomic mass is 16.5. The Kier molecular flexibility index (Phi) is 5.23. The highest BCUT2D eigenvalue weighted by Gasteiger charge is 2.44. The lowest BCUT2D eigenvalue weighted by molar-refractivity contribution is 0.0704. The molecule has 0 radical (unpaired) electrons. The Morgan fingerprint density at radius 3 is 2.54 bits per heavy atom. The van der Waals surface area contributed by atoms with Crippen molar-refractivity contribution in [2.24, 2.45) is 0 Å². The summed E-state index contributed by atoms with van der Waals surface area (Å²) in [5.74, 6) is 1.91. The van der Waals surface area contributed by atoms with E-state index in [0.29, 0.717) is 23.1 Å². The quantitative estimate of drug-likeness (QED) is 0.852. The Hall–Kier alpha value is -2.96. The van der Waals surface area contributed by atoms with Crippen molar-refractivity contribution in [3.8, 4) is 17.4 Å². The zero-order valence-corrected chi connectivity index (χ0v) is 16.1. The number of piperidine rings is 1. The summed E-state index contributed by atoms with van der Waals surface area (Å²) in [6, 6.07) is 11.3. The van der Waals surface area contributed by atoms with Crippen LogP contribution in [-0.2, 0) is 0 Å². The molecule has 7 heteroatoms. The Morgan fingerprint density at radius 2 is 1.89 bits per heavy atom. The number of carbonyl (C=O) groups is 1. The molecule has 148 valence electrons. The molecular weight excluding hydrogens is 358 g/mol. The lowest BCUT2D eigenvalue weighted by atomic mass is 10.00. The van der Waals surface area contributed by atoms with Crippen molar-refractivity contribution in [1.82, 2.24) is 9.88 Å². The smallest absolute Gasteiger partial charge is 0.322 e. The van der Waals surface area contributed by atoms with Crippen LogP contribution < -0.4 is 19.5 Å². The Balaban J connectivity index is 1.42. The van der Waals surface area contributed by atoms with Crippen molar-refractivity contribution in [2.45, 2.75) is 43.9 Å². The Bertz CT molecular complexity index is 816. The second-order valence-electron chi connectivity index (χ2n) is 7.17. The van der Waals surface area contributed by atoms with Crippen molar-refractivity contribution >= 4 is 11.7 Å². The minimum Gasteiger partial charge on any atom is -0.497 e. The normalized spacial score (nSPS) is 23.2. The molecule has 1 aromatic carbocycles. The van der Waals surface area contributed by atoms with Gasteiger partial charge in [0.1, 0.15) is 17.6 Å². The summed E-state index contributed by atoms with van der Waals surface area (Å²) >= 11 is 0. The zero-order valence-electron chi connectivity index (χ0n) is 16.1. The highest BCUT2D eigenvalue weighted by molar-refractivity contribution is 5.91. The van der Waals surface area contributed by atoms with E-state index in [0.717, 1.165) is 25.7 Å². The summed E-state index contributed by atoms with van der Waals surface area (Å²) in [6.07, 6.45) is 5.46. The number of ether oxygens (including phenoxy) is 3. The van der Waals surface area contributed by atoms with E-state index in [1.165, 1.54) is 0 Å². The Morgan fingerprint density at radius 1 is 1.11 bits per heavy atom. The van der Waals surface area contributed by atoms with Crippen molar-refractivity contribution in [2.75, 3.05) is 19.5 Å². The maximum atomic E-state index is 13.0. The predicted octanol–water partition coefficient (Wildman–Crippen LogP) is 3.71. The maximum Gasteiger partial charge on any atom is 0.322 e. The molecular formula is C21H25N3O4. The van der Waals surface area contributed by atoms with Gasteiger partial charge in [0.05, 0.1) is 19.9 Å². The third-order valence-corrected chi connectivity index (χ3v) is 5.50. The van der Waals surface area contributed by atoms with E-state index in [1.807, 2.05) is 23.1 Å². The van der Waals surface area contributed by atoms with E-state index in [-0.39, 0.29) is 24.2 Å².